The normalized spacial score (nSPS) is 11.8. The van der Waals surface area contributed by atoms with Gasteiger partial charge < -0.3 is 14.5 Å². The molecule has 0 bridgehead atoms. The Morgan fingerprint density at radius 2 is 1.67 bits per heavy atom. The van der Waals surface area contributed by atoms with Crippen LogP contribution in [0, 0.1) is 0 Å². The number of esters is 1. The number of hydrogen-bond acceptors (Lipinski definition) is 3. The maximum atomic E-state index is 11.5. The summed E-state index contributed by atoms with van der Waals surface area (Å²) in [5, 5.41) is -1.66. The average molecular weight is 248 g/mol. The van der Waals surface area contributed by atoms with Crippen molar-refractivity contribution in [2.75, 3.05) is 6.61 Å². The van der Waals surface area contributed by atoms with Gasteiger partial charge in [0.15, 0.2) is 5.16 Å². The molecule has 0 aliphatic carbocycles. The van der Waals surface area contributed by atoms with Gasteiger partial charge in [-0.2, -0.15) is 0 Å². The quantitative estimate of drug-likeness (QED) is 0.423. The summed E-state index contributed by atoms with van der Waals surface area (Å²) >= 11 is 0. The van der Waals surface area contributed by atoms with E-state index in [2.05, 4.69) is 4.74 Å². The van der Waals surface area contributed by atoms with E-state index in [1.807, 2.05) is 0 Å². The maximum absolute atomic E-state index is 11.5. The van der Waals surface area contributed by atoms with E-state index in [-0.39, 0.29) is 49.0 Å². The molecule has 0 rings (SSSR count). The van der Waals surface area contributed by atoms with Crippen molar-refractivity contribution >= 4 is 43.1 Å². The Hall–Kier alpha value is 0.620. The number of carbonyl (C=O) groups excluding carboxylic acids is 1. The Balaban J connectivity index is 0. The van der Waals surface area contributed by atoms with Gasteiger partial charge in [-0.25, -0.2) is 0 Å². The molecule has 7 heteroatoms. The van der Waals surface area contributed by atoms with Crippen molar-refractivity contribution < 1.29 is 23.9 Å². The molecular weight excluding hydrogens is 230 g/mol. The molecule has 0 unspecified atom stereocenters. The Morgan fingerprint density at radius 3 is 1.87 bits per heavy atom. The van der Waals surface area contributed by atoms with Gasteiger partial charge in [0.1, 0.15) is 0 Å². The number of rotatable bonds is 5. The van der Waals surface area contributed by atoms with Gasteiger partial charge in [0.25, 0.3) is 0 Å². The first-order chi connectivity index (χ1) is 6.35. The van der Waals surface area contributed by atoms with Crippen molar-refractivity contribution in [3.8, 4) is 0 Å². The molecule has 0 fully saturated rings. The topological polar surface area (TPSA) is 83.8 Å². The van der Waals surface area contributed by atoms with E-state index in [0.717, 1.165) is 0 Å². The van der Waals surface area contributed by atoms with E-state index >= 15 is 0 Å². The van der Waals surface area contributed by atoms with Crippen LogP contribution in [0.2, 0.25) is 0 Å². The molecule has 0 radical (unpaired) electrons. The van der Waals surface area contributed by atoms with Crippen LogP contribution < -0.4 is 0 Å². The van der Waals surface area contributed by atoms with E-state index in [0.29, 0.717) is 0 Å². The molecule has 0 heterocycles. The molecule has 0 aromatic carbocycles. The van der Waals surface area contributed by atoms with Crippen molar-refractivity contribution in [3.05, 3.63) is 0 Å². The first-order valence-corrected chi connectivity index (χ1v) is 6.19. The zero-order valence-corrected chi connectivity index (χ0v) is 9.58. The van der Waals surface area contributed by atoms with Gasteiger partial charge in [0.05, 0.1) is 6.61 Å². The van der Waals surface area contributed by atoms with Gasteiger partial charge in [-0.15, -0.1) is 0 Å². The van der Waals surface area contributed by atoms with Crippen LogP contribution in [0.3, 0.4) is 0 Å². The molecule has 0 aliphatic heterocycles. The van der Waals surface area contributed by atoms with Crippen molar-refractivity contribution in [1.82, 2.24) is 0 Å². The van der Waals surface area contributed by atoms with E-state index in [1.54, 1.807) is 20.8 Å². The summed E-state index contributed by atoms with van der Waals surface area (Å²) in [6, 6.07) is 0. The van der Waals surface area contributed by atoms with Gasteiger partial charge in [0, 0.05) is 0 Å². The Labute approximate surface area is 112 Å². The molecule has 0 aliphatic rings. The molecule has 15 heavy (non-hydrogen) atoms. The van der Waals surface area contributed by atoms with Crippen LogP contribution in [0.4, 0.5) is 0 Å². The number of ether oxygens (including phenoxy) is 1. The summed E-state index contributed by atoms with van der Waals surface area (Å²) < 4.78 is 15.9. The minimum atomic E-state index is -4.47. The fourth-order valence-corrected chi connectivity index (χ4v) is 2.46. The van der Waals surface area contributed by atoms with Gasteiger partial charge in [-0.1, -0.05) is 13.8 Å². The zero-order valence-electron chi connectivity index (χ0n) is 8.69. The third kappa shape index (κ3) is 3.84. The van der Waals surface area contributed by atoms with Gasteiger partial charge in [0.2, 0.25) is 0 Å². The molecular formula is C8H18NaO5P. The zero-order chi connectivity index (χ0) is 11.4. The van der Waals surface area contributed by atoms with Crippen LogP contribution >= 0.6 is 7.60 Å². The molecule has 0 saturated heterocycles. The molecule has 0 spiro atoms. The van der Waals surface area contributed by atoms with E-state index in [4.69, 9.17) is 9.79 Å². The van der Waals surface area contributed by atoms with Gasteiger partial charge >= 0.3 is 43.1 Å². The monoisotopic (exact) mass is 248 g/mol. The van der Waals surface area contributed by atoms with E-state index in [1.165, 1.54) is 0 Å². The third-order valence-corrected chi connectivity index (χ3v) is 4.31. The summed E-state index contributed by atoms with van der Waals surface area (Å²) in [7, 11) is -4.47. The fraction of sp³-hybridized carbons (Fsp3) is 0.875. The minimum absolute atomic E-state index is 0. The SMILES string of the molecule is CCOC(=O)C(CC)(CC)P(=O)(O)O.[NaH]. The van der Waals surface area contributed by atoms with Crippen LogP contribution in [0.5, 0.6) is 0 Å². The van der Waals surface area contributed by atoms with E-state index < -0.39 is 18.7 Å². The summed E-state index contributed by atoms with van der Waals surface area (Å²) in [6.07, 6.45) is 0.152. The first kappa shape index (κ1) is 18.0. The van der Waals surface area contributed by atoms with Crippen LogP contribution in [0.15, 0.2) is 0 Å². The summed E-state index contributed by atoms with van der Waals surface area (Å²) in [5.74, 6) is -0.807. The van der Waals surface area contributed by atoms with Crippen LogP contribution in [-0.4, -0.2) is 57.1 Å². The van der Waals surface area contributed by atoms with Crippen molar-refractivity contribution in [2.24, 2.45) is 0 Å². The molecule has 0 saturated carbocycles. The number of carbonyl (C=O) groups is 1. The third-order valence-electron chi connectivity index (χ3n) is 2.38. The molecule has 5 nitrogen and oxygen atoms in total. The van der Waals surface area contributed by atoms with Gasteiger partial charge in [-0.3, -0.25) is 9.36 Å². The fourth-order valence-electron chi connectivity index (χ4n) is 1.33. The first-order valence-electron chi connectivity index (χ1n) is 4.58. The molecule has 0 aromatic rings. The average Bonchev–Trinajstić information content (AvgIpc) is 2.05. The second-order valence-electron chi connectivity index (χ2n) is 3.00. The predicted molar refractivity (Wildman–Crippen MR) is 59.1 cm³/mol. The molecule has 0 atom stereocenters. The Bertz CT molecular complexity index is 245. The van der Waals surface area contributed by atoms with Crippen molar-refractivity contribution in [3.63, 3.8) is 0 Å². The summed E-state index contributed by atoms with van der Waals surface area (Å²) in [5.41, 5.74) is 0. The summed E-state index contributed by atoms with van der Waals surface area (Å²) in [4.78, 5) is 29.7. The van der Waals surface area contributed by atoms with Crippen molar-refractivity contribution in [2.45, 2.75) is 38.8 Å². The molecule has 0 amide bonds. The Morgan fingerprint density at radius 1 is 1.27 bits per heavy atom. The van der Waals surface area contributed by atoms with Crippen LogP contribution in [0.25, 0.3) is 0 Å². The molecule has 86 valence electrons. The van der Waals surface area contributed by atoms with E-state index in [9.17, 15) is 9.36 Å². The Kier molecular flexibility index (Phi) is 8.45. The van der Waals surface area contributed by atoms with Crippen LogP contribution in [0.1, 0.15) is 33.6 Å². The molecule has 0 aromatic heterocycles. The van der Waals surface area contributed by atoms with Crippen molar-refractivity contribution in [1.29, 1.82) is 0 Å². The summed E-state index contributed by atoms with van der Waals surface area (Å²) in [6.45, 7) is 4.87. The standard InChI is InChI=1S/C8H17O5P.Na.H/c1-4-8(5-2,14(10,11)12)7(9)13-6-3;;/h4-6H2,1-3H3,(H2,10,11,12);;. The second kappa shape index (κ2) is 7.05. The second-order valence-corrected chi connectivity index (χ2v) is 4.95. The number of hydrogen-bond donors (Lipinski definition) is 2. The van der Waals surface area contributed by atoms with Crippen LogP contribution in [-0.2, 0) is 14.1 Å². The van der Waals surface area contributed by atoms with Gasteiger partial charge in [-0.05, 0) is 19.8 Å². The predicted octanol–water partition coefficient (Wildman–Crippen LogP) is 0.637. The molecule has 2 N–H and O–H groups in total.